The van der Waals surface area contributed by atoms with Crippen LogP contribution in [0.2, 0.25) is 0 Å². The van der Waals surface area contributed by atoms with Crippen molar-refractivity contribution in [2.75, 3.05) is 7.05 Å². The summed E-state index contributed by atoms with van der Waals surface area (Å²) in [6.07, 6.45) is 5.48. The highest BCUT2D eigenvalue weighted by molar-refractivity contribution is 7.88. The molecule has 13 heteroatoms. The van der Waals surface area contributed by atoms with Gasteiger partial charge in [0.15, 0.2) is 5.75 Å². The molecule has 1 N–H and O–H groups in total. The predicted octanol–water partition coefficient (Wildman–Crippen LogP) is 1.32. The third kappa shape index (κ3) is 3.32. The number of hydrogen-bond donors (Lipinski definition) is 1. The van der Waals surface area contributed by atoms with Crippen LogP contribution in [0.3, 0.4) is 0 Å². The minimum atomic E-state index is -5.96. The molecule has 0 saturated heterocycles. The Morgan fingerprint density at radius 3 is 2.44 bits per heavy atom. The van der Waals surface area contributed by atoms with E-state index in [4.69, 9.17) is 0 Å². The number of rotatable bonds is 4. The minimum Gasteiger partial charge on any atom is -0.374 e. The summed E-state index contributed by atoms with van der Waals surface area (Å²) in [5, 5.41) is 10.1. The van der Waals surface area contributed by atoms with Gasteiger partial charge in [0.25, 0.3) is 5.91 Å². The number of aryl methyl sites for hydroxylation is 1. The molecule has 0 fully saturated rings. The van der Waals surface area contributed by atoms with E-state index < -0.39 is 27.3 Å². The highest BCUT2D eigenvalue weighted by Crippen LogP contribution is 2.34. The van der Waals surface area contributed by atoms with Crippen molar-refractivity contribution in [2.24, 2.45) is 7.05 Å². The average molecular weight is 403 g/mol. The molecule has 0 aliphatic rings. The number of amides is 1. The summed E-state index contributed by atoms with van der Waals surface area (Å²) in [6, 6.07) is 1.07. The van der Waals surface area contributed by atoms with E-state index in [0.717, 1.165) is 16.8 Å². The molecular weight excluding hydrogens is 391 g/mol. The van der Waals surface area contributed by atoms with Crippen molar-refractivity contribution in [1.82, 2.24) is 24.7 Å². The Bertz CT molecular complexity index is 1130. The highest BCUT2D eigenvalue weighted by Gasteiger charge is 2.49. The molecule has 0 unspecified atom stereocenters. The summed E-state index contributed by atoms with van der Waals surface area (Å²) in [7, 11) is -3.02. The van der Waals surface area contributed by atoms with E-state index in [-0.39, 0.29) is 16.6 Å². The first-order chi connectivity index (χ1) is 12.5. The van der Waals surface area contributed by atoms with Crippen LogP contribution in [0.4, 0.5) is 13.2 Å². The maximum Gasteiger partial charge on any atom is 0.534 e. The molecule has 9 nitrogen and oxygen atoms in total. The van der Waals surface area contributed by atoms with Crippen LogP contribution in [0.5, 0.6) is 5.75 Å². The van der Waals surface area contributed by atoms with Crippen LogP contribution in [0.15, 0.2) is 30.9 Å². The van der Waals surface area contributed by atoms with Gasteiger partial charge in [-0.25, -0.2) is 4.52 Å². The molecule has 3 aromatic heterocycles. The lowest BCUT2D eigenvalue weighted by Gasteiger charge is -2.12. The average Bonchev–Trinajstić information content (AvgIpc) is 3.19. The Morgan fingerprint density at radius 1 is 1.19 bits per heavy atom. The standard InChI is InChI=1S/C14H12F3N5O4S/c1-18-13(23)10-5-20-22-7-8(9-4-19-21(2)6-9)3-11(12(10)22)26-27(24,25)14(15,16)17/h3-7H,1-2H3,(H,18,23). The van der Waals surface area contributed by atoms with Crippen LogP contribution in [0, 0.1) is 0 Å². The van der Waals surface area contributed by atoms with Crippen LogP contribution in [0.25, 0.3) is 16.6 Å². The molecule has 144 valence electrons. The van der Waals surface area contributed by atoms with Crippen molar-refractivity contribution in [1.29, 1.82) is 0 Å². The van der Waals surface area contributed by atoms with Gasteiger partial charge in [0.2, 0.25) is 0 Å². The van der Waals surface area contributed by atoms with Crippen molar-refractivity contribution < 1.29 is 30.6 Å². The normalized spacial score (nSPS) is 12.3. The molecule has 0 aliphatic carbocycles. The minimum absolute atomic E-state index is 0.150. The Kier molecular flexibility index (Phi) is 4.34. The number of carbonyl (C=O) groups excluding carboxylic acids is 1. The fourth-order valence-corrected chi connectivity index (χ4v) is 2.80. The molecule has 3 heterocycles. The van der Waals surface area contributed by atoms with Crippen molar-refractivity contribution >= 4 is 21.5 Å². The molecule has 3 aromatic rings. The van der Waals surface area contributed by atoms with E-state index in [1.807, 2.05) is 0 Å². The SMILES string of the molecule is CNC(=O)c1cnn2cc(-c3cnn(C)c3)cc(OS(=O)(=O)C(F)(F)F)c12. The second-order valence-electron chi connectivity index (χ2n) is 5.41. The number of nitrogens with one attached hydrogen (secondary N) is 1. The molecular formula is C14H12F3N5O4S. The van der Waals surface area contributed by atoms with E-state index in [0.29, 0.717) is 5.56 Å². The number of pyridine rings is 1. The van der Waals surface area contributed by atoms with Crippen LogP contribution in [0.1, 0.15) is 10.4 Å². The van der Waals surface area contributed by atoms with Crippen molar-refractivity contribution in [3.63, 3.8) is 0 Å². The molecule has 27 heavy (non-hydrogen) atoms. The molecule has 0 radical (unpaired) electrons. The molecule has 0 saturated carbocycles. The zero-order valence-electron chi connectivity index (χ0n) is 13.9. The summed E-state index contributed by atoms with van der Waals surface area (Å²) >= 11 is 0. The number of alkyl halides is 3. The second-order valence-corrected chi connectivity index (χ2v) is 6.95. The summed E-state index contributed by atoms with van der Waals surface area (Å²) in [5.74, 6) is -1.36. The lowest BCUT2D eigenvalue weighted by Crippen LogP contribution is -2.28. The monoisotopic (exact) mass is 403 g/mol. The van der Waals surface area contributed by atoms with Gasteiger partial charge in [-0.05, 0) is 6.07 Å². The van der Waals surface area contributed by atoms with Gasteiger partial charge in [0, 0.05) is 37.6 Å². The van der Waals surface area contributed by atoms with Gasteiger partial charge >= 0.3 is 15.6 Å². The van der Waals surface area contributed by atoms with Crippen molar-refractivity contribution in [3.8, 4) is 16.9 Å². The predicted molar refractivity (Wildman–Crippen MR) is 86.4 cm³/mol. The van der Waals surface area contributed by atoms with E-state index >= 15 is 0 Å². The zero-order chi connectivity index (χ0) is 20.0. The largest absolute Gasteiger partial charge is 0.534 e. The molecule has 0 aromatic carbocycles. The second kappa shape index (κ2) is 6.26. The zero-order valence-corrected chi connectivity index (χ0v) is 14.7. The van der Waals surface area contributed by atoms with Gasteiger partial charge < -0.3 is 9.50 Å². The molecule has 0 atom stereocenters. The first kappa shape index (κ1) is 18.7. The number of carbonyl (C=O) groups is 1. The quantitative estimate of drug-likeness (QED) is 0.520. The van der Waals surface area contributed by atoms with Gasteiger partial charge in [0.05, 0.1) is 18.0 Å². The Labute approximate surface area is 150 Å². The first-order valence-corrected chi connectivity index (χ1v) is 8.67. The van der Waals surface area contributed by atoms with Crippen molar-refractivity contribution in [2.45, 2.75) is 5.51 Å². The number of nitrogens with zero attached hydrogens (tertiary/aromatic N) is 4. The number of fused-ring (bicyclic) bond motifs is 1. The maximum absolute atomic E-state index is 12.8. The van der Waals surface area contributed by atoms with Gasteiger partial charge in [-0.1, -0.05) is 0 Å². The molecule has 0 bridgehead atoms. The van der Waals surface area contributed by atoms with Crippen LogP contribution in [-0.4, -0.2) is 46.3 Å². The summed E-state index contributed by atoms with van der Waals surface area (Å²) in [5.41, 5.74) is -5.25. The fourth-order valence-electron chi connectivity index (χ4n) is 2.34. The summed E-state index contributed by atoms with van der Waals surface area (Å²) in [4.78, 5) is 12.0. The van der Waals surface area contributed by atoms with Crippen LogP contribution in [-0.2, 0) is 17.2 Å². The molecule has 0 aliphatic heterocycles. The third-order valence-corrected chi connectivity index (χ3v) is 4.54. The lowest BCUT2D eigenvalue weighted by atomic mass is 10.1. The Morgan fingerprint density at radius 2 is 1.89 bits per heavy atom. The Balaban J connectivity index is 2.26. The first-order valence-electron chi connectivity index (χ1n) is 7.26. The van der Waals surface area contributed by atoms with Gasteiger partial charge in [0.1, 0.15) is 5.52 Å². The van der Waals surface area contributed by atoms with E-state index in [9.17, 15) is 26.4 Å². The topological polar surface area (TPSA) is 108 Å². The summed E-state index contributed by atoms with van der Waals surface area (Å²) < 4.78 is 68.1. The third-order valence-electron chi connectivity index (χ3n) is 3.57. The highest BCUT2D eigenvalue weighted by atomic mass is 32.2. The van der Waals surface area contributed by atoms with Crippen LogP contribution < -0.4 is 9.50 Å². The van der Waals surface area contributed by atoms with Gasteiger partial charge in [-0.15, -0.1) is 0 Å². The van der Waals surface area contributed by atoms with Gasteiger partial charge in [-0.3, -0.25) is 9.48 Å². The smallest absolute Gasteiger partial charge is 0.374 e. The van der Waals surface area contributed by atoms with E-state index in [1.165, 1.54) is 24.1 Å². The number of hydrogen-bond acceptors (Lipinski definition) is 6. The maximum atomic E-state index is 12.8. The molecule has 1 amide bonds. The Hall–Kier alpha value is -3.09. The van der Waals surface area contributed by atoms with Gasteiger partial charge in [-0.2, -0.15) is 31.8 Å². The number of aromatic nitrogens is 4. The van der Waals surface area contributed by atoms with E-state index in [1.54, 1.807) is 13.2 Å². The summed E-state index contributed by atoms with van der Waals surface area (Å²) in [6.45, 7) is 0. The lowest BCUT2D eigenvalue weighted by molar-refractivity contribution is -0.0499. The van der Waals surface area contributed by atoms with E-state index in [2.05, 4.69) is 19.7 Å². The van der Waals surface area contributed by atoms with Crippen LogP contribution >= 0.6 is 0 Å². The molecule has 0 spiro atoms. The number of halogens is 3. The van der Waals surface area contributed by atoms with Crippen molar-refractivity contribution in [3.05, 3.63) is 36.4 Å². The fraction of sp³-hybridized carbons (Fsp3) is 0.214. The molecule has 3 rings (SSSR count).